The van der Waals surface area contributed by atoms with Gasteiger partial charge in [0.05, 0.1) is 12.6 Å². The minimum Gasteiger partial charge on any atom is -0.545 e. The molecule has 14 heavy (non-hydrogen) atoms. The SMILES string of the molecule is Nc1ncc(/C=C/C(=O)[O-])cc1CO. The van der Waals surface area contributed by atoms with Crippen LogP contribution in [-0.4, -0.2) is 16.1 Å². The number of aliphatic hydroxyl groups is 1. The summed E-state index contributed by atoms with van der Waals surface area (Å²) in [5, 5.41) is 18.9. The van der Waals surface area contributed by atoms with E-state index in [2.05, 4.69) is 4.98 Å². The van der Waals surface area contributed by atoms with Crippen molar-refractivity contribution in [2.75, 3.05) is 5.73 Å². The molecule has 0 saturated carbocycles. The third kappa shape index (κ3) is 2.56. The lowest BCUT2D eigenvalue weighted by atomic mass is 10.2. The zero-order chi connectivity index (χ0) is 10.6. The Labute approximate surface area is 80.5 Å². The smallest absolute Gasteiger partial charge is 0.128 e. The van der Waals surface area contributed by atoms with Crippen molar-refractivity contribution < 1.29 is 15.0 Å². The molecule has 0 aliphatic heterocycles. The first kappa shape index (κ1) is 10.2. The molecule has 1 aromatic heterocycles. The molecule has 1 rings (SSSR count). The van der Waals surface area contributed by atoms with Crippen LogP contribution in [0.15, 0.2) is 18.3 Å². The van der Waals surface area contributed by atoms with Gasteiger partial charge in [-0.2, -0.15) is 0 Å². The second-order valence-electron chi connectivity index (χ2n) is 2.62. The fourth-order valence-corrected chi connectivity index (χ4v) is 0.921. The quantitative estimate of drug-likeness (QED) is 0.595. The van der Waals surface area contributed by atoms with E-state index in [0.29, 0.717) is 11.1 Å². The molecule has 1 heterocycles. The number of nitrogen functional groups attached to an aromatic ring is 1. The number of aliphatic hydroxyl groups excluding tert-OH is 1. The fourth-order valence-electron chi connectivity index (χ4n) is 0.921. The number of aliphatic carboxylic acids is 1. The zero-order valence-electron chi connectivity index (χ0n) is 7.30. The number of carbonyl (C=O) groups excluding carboxylic acids is 1. The molecular formula is C9H9N2O3-. The van der Waals surface area contributed by atoms with Crippen molar-refractivity contribution in [1.29, 1.82) is 0 Å². The summed E-state index contributed by atoms with van der Waals surface area (Å²) in [5.74, 6) is -1.05. The van der Waals surface area contributed by atoms with E-state index in [1.165, 1.54) is 12.3 Å². The number of rotatable bonds is 3. The van der Waals surface area contributed by atoms with Gasteiger partial charge in [-0.3, -0.25) is 0 Å². The van der Waals surface area contributed by atoms with Crippen LogP contribution in [0.25, 0.3) is 6.08 Å². The predicted octanol–water partition coefficient (Wildman–Crippen LogP) is -1.08. The third-order valence-corrected chi connectivity index (χ3v) is 1.60. The molecule has 3 N–H and O–H groups in total. The molecule has 0 atom stereocenters. The maximum atomic E-state index is 10.1. The van der Waals surface area contributed by atoms with Crippen LogP contribution >= 0.6 is 0 Å². The largest absolute Gasteiger partial charge is 0.545 e. The molecule has 74 valence electrons. The van der Waals surface area contributed by atoms with Crippen LogP contribution in [0.4, 0.5) is 5.82 Å². The van der Waals surface area contributed by atoms with Crippen molar-refractivity contribution in [3.63, 3.8) is 0 Å². The maximum absolute atomic E-state index is 10.1. The van der Waals surface area contributed by atoms with E-state index in [1.54, 1.807) is 6.07 Å². The summed E-state index contributed by atoms with van der Waals surface area (Å²) in [6, 6.07) is 1.56. The molecule has 0 bridgehead atoms. The van der Waals surface area contributed by atoms with Crippen LogP contribution in [0.3, 0.4) is 0 Å². The van der Waals surface area contributed by atoms with Crippen LogP contribution in [0.1, 0.15) is 11.1 Å². The summed E-state index contributed by atoms with van der Waals surface area (Å²) in [5.41, 5.74) is 6.44. The molecule has 0 amide bonds. The molecule has 5 heteroatoms. The summed E-state index contributed by atoms with van der Waals surface area (Å²) in [6.07, 6.45) is 3.61. The maximum Gasteiger partial charge on any atom is 0.128 e. The van der Waals surface area contributed by atoms with E-state index in [0.717, 1.165) is 6.08 Å². The monoisotopic (exact) mass is 193 g/mol. The number of hydrogen-bond donors (Lipinski definition) is 2. The van der Waals surface area contributed by atoms with Gasteiger partial charge in [-0.1, -0.05) is 6.08 Å². The second-order valence-corrected chi connectivity index (χ2v) is 2.62. The van der Waals surface area contributed by atoms with Crippen molar-refractivity contribution in [2.45, 2.75) is 6.61 Å². The van der Waals surface area contributed by atoms with Gasteiger partial charge in [0, 0.05) is 11.8 Å². The lowest BCUT2D eigenvalue weighted by Gasteiger charge is -2.02. The van der Waals surface area contributed by atoms with Crippen LogP contribution < -0.4 is 10.8 Å². The normalized spacial score (nSPS) is 10.6. The number of carboxylic acid groups (broad SMARTS) is 1. The molecule has 1 aromatic rings. The third-order valence-electron chi connectivity index (χ3n) is 1.60. The molecule has 0 unspecified atom stereocenters. The molecule has 0 aliphatic carbocycles. The summed E-state index contributed by atoms with van der Waals surface area (Å²) >= 11 is 0. The van der Waals surface area contributed by atoms with Crippen molar-refractivity contribution in [2.24, 2.45) is 0 Å². The first-order chi connectivity index (χ1) is 6.63. The molecule has 0 radical (unpaired) electrons. The zero-order valence-corrected chi connectivity index (χ0v) is 7.30. The molecule has 0 spiro atoms. The number of pyridine rings is 1. The number of carbonyl (C=O) groups is 1. The van der Waals surface area contributed by atoms with Gasteiger partial charge in [0.1, 0.15) is 5.82 Å². The number of hydrogen-bond acceptors (Lipinski definition) is 5. The Morgan fingerprint density at radius 2 is 2.43 bits per heavy atom. The van der Waals surface area contributed by atoms with E-state index in [4.69, 9.17) is 10.8 Å². The summed E-state index contributed by atoms with van der Waals surface area (Å²) < 4.78 is 0. The van der Waals surface area contributed by atoms with Crippen molar-refractivity contribution in [3.05, 3.63) is 29.5 Å². The second kappa shape index (κ2) is 4.38. The molecule has 5 nitrogen and oxygen atoms in total. The topological polar surface area (TPSA) is 99.3 Å². The minimum atomic E-state index is -1.28. The lowest BCUT2D eigenvalue weighted by Crippen LogP contribution is -2.18. The molecular weight excluding hydrogens is 184 g/mol. The Morgan fingerprint density at radius 1 is 1.71 bits per heavy atom. The Kier molecular flexibility index (Phi) is 3.19. The van der Waals surface area contributed by atoms with Crippen molar-refractivity contribution in [1.82, 2.24) is 4.98 Å². The highest BCUT2D eigenvalue weighted by atomic mass is 16.4. The van der Waals surface area contributed by atoms with E-state index in [-0.39, 0.29) is 12.4 Å². The average molecular weight is 193 g/mol. The van der Waals surface area contributed by atoms with Gasteiger partial charge in [-0.15, -0.1) is 0 Å². The average Bonchev–Trinajstić information content (AvgIpc) is 2.16. The summed E-state index contributed by atoms with van der Waals surface area (Å²) in [4.78, 5) is 13.9. The number of nitrogens with zero attached hydrogens (tertiary/aromatic N) is 1. The number of anilines is 1. The highest BCUT2D eigenvalue weighted by Gasteiger charge is 1.98. The van der Waals surface area contributed by atoms with Crippen LogP contribution in [0, 0.1) is 0 Å². The van der Waals surface area contributed by atoms with Crippen molar-refractivity contribution in [3.8, 4) is 0 Å². The molecule has 0 saturated heterocycles. The van der Waals surface area contributed by atoms with E-state index >= 15 is 0 Å². The summed E-state index contributed by atoms with van der Waals surface area (Å²) in [6.45, 7) is -0.230. The molecule has 0 aliphatic rings. The number of carboxylic acids is 1. The summed E-state index contributed by atoms with van der Waals surface area (Å²) in [7, 11) is 0. The molecule has 0 fully saturated rings. The van der Waals surface area contributed by atoms with Crippen LogP contribution in [0.5, 0.6) is 0 Å². The van der Waals surface area contributed by atoms with Gasteiger partial charge in [0.25, 0.3) is 0 Å². The van der Waals surface area contributed by atoms with Gasteiger partial charge in [-0.05, 0) is 17.7 Å². The van der Waals surface area contributed by atoms with E-state index < -0.39 is 5.97 Å². The first-order valence-electron chi connectivity index (χ1n) is 3.88. The Hall–Kier alpha value is -1.88. The Bertz CT molecular complexity index is 374. The van der Waals surface area contributed by atoms with Gasteiger partial charge >= 0.3 is 0 Å². The standard InChI is InChI=1S/C9H10N2O3/c10-9-7(5-12)3-6(4-11-9)1-2-8(13)14/h1-4,12H,5H2,(H2,10,11)(H,13,14)/p-1/b2-1+. The van der Waals surface area contributed by atoms with Crippen molar-refractivity contribution >= 4 is 17.9 Å². The van der Waals surface area contributed by atoms with Crippen LogP contribution in [0.2, 0.25) is 0 Å². The Balaban J connectivity index is 2.95. The van der Waals surface area contributed by atoms with Crippen LogP contribution in [-0.2, 0) is 11.4 Å². The minimum absolute atomic E-state index is 0.230. The number of aromatic nitrogens is 1. The van der Waals surface area contributed by atoms with Gasteiger partial charge in [0.15, 0.2) is 0 Å². The number of nitrogens with two attached hydrogens (primary N) is 1. The van der Waals surface area contributed by atoms with E-state index in [9.17, 15) is 9.90 Å². The van der Waals surface area contributed by atoms with Gasteiger partial charge in [0.2, 0.25) is 0 Å². The van der Waals surface area contributed by atoms with E-state index in [1.807, 2.05) is 0 Å². The first-order valence-corrected chi connectivity index (χ1v) is 3.88. The predicted molar refractivity (Wildman–Crippen MR) is 48.6 cm³/mol. The fraction of sp³-hybridized carbons (Fsp3) is 0.111. The van der Waals surface area contributed by atoms with Gasteiger partial charge < -0.3 is 20.7 Å². The highest BCUT2D eigenvalue weighted by molar-refractivity contribution is 5.83. The Morgan fingerprint density at radius 3 is 3.00 bits per heavy atom. The lowest BCUT2D eigenvalue weighted by molar-refractivity contribution is -0.297. The van der Waals surface area contributed by atoms with Gasteiger partial charge in [-0.25, -0.2) is 4.98 Å². The molecule has 0 aromatic carbocycles. The highest BCUT2D eigenvalue weighted by Crippen LogP contribution is 2.11.